The van der Waals surface area contributed by atoms with Crippen molar-refractivity contribution in [1.29, 1.82) is 0 Å². The summed E-state index contributed by atoms with van der Waals surface area (Å²) in [5.41, 5.74) is 1.23. The van der Waals surface area contributed by atoms with E-state index in [4.69, 9.17) is 26.1 Å². The van der Waals surface area contributed by atoms with Gasteiger partial charge in [-0.05, 0) is 44.2 Å². The molecule has 14 heteroatoms. The summed E-state index contributed by atoms with van der Waals surface area (Å²) in [4.78, 5) is 34.3. The Balaban J connectivity index is 1.44. The molecule has 1 unspecified atom stereocenters. The van der Waals surface area contributed by atoms with Gasteiger partial charge in [0, 0.05) is 46.9 Å². The molecule has 5 rings (SSSR count). The van der Waals surface area contributed by atoms with E-state index in [2.05, 4.69) is 10.3 Å². The summed E-state index contributed by atoms with van der Waals surface area (Å²) in [6, 6.07) is 3.04. The number of piperidine rings is 1. The molecule has 2 fully saturated rings. The summed E-state index contributed by atoms with van der Waals surface area (Å²) in [6.07, 6.45) is 3.66. The van der Waals surface area contributed by atoms with E-state index >= 15 is 0 Å². The molecule has 3 atom stereocenters. The van der Waals surface area contributed by atoms with Crippen LogP contribution < -0.4 is 5.32 Å². The Kier molecular flexibility index (Phi) is 8.78. The SMILES string of the molecule is COC(=O)C1=C(C2CCN(S(=O)(=O)[C@@H]3CC[C@@H](C(=O)OC)C3)CC2)NC(c2nccs2)=NC1c1ccc(F)cc1Cl. The number of rotatable bonds is 7. The number of nitrogens with zero attached hydrogens (tertiary/aromatic N) is 3. The molecule has 1 aromatic heterocycles. The summed E-state index contributed by atoms with van der Waals surface area (Å²) < 4.78 is 52.3. The fraction of sp³-hybridized carbons (Fsp3) is 0.481. The lowest BCUT2D eigenvalue weighted by Gasteiger charge is -2.37. The number of thiazole rings is 1. The number of amidine groups is 1. The van der Waals surface area contributed by atoms with Gasteiger partial charge in [-0.15, -0.1) is 11.3 Å². The molecule has 1 aliphatic carbocycles. The molecule has 1 N–H and O–H groups in total. The van der Waals surface area contributed by atoms with E-state index in [0.717, 1.165) is 0 Å². The number of hydrogen-bond donors (Lipinski definition) is 1. The summed E-state index contributed by atoms with van der Waals surface area (Å²) in [7, 11) is -1.04. The number of carbonyl (C=O) groups is 2. The Morgan fingerprint density at radius 2 is 1.90 bits per heavy atom. The van der Waals surface area contributed by atoms with Crippen molar-refractivity contribution in [1.82, 2.24) is 14.6 Å². The highest BCUT2D eigenvalue weighted by Gasteiger charge is 2.43. The number of carbonyl (C=O) groups excluding carboxylic acids is 2. The van der Waals surface area contributed by atoms with E-state index in [1.165, 1.54) is 48.1 Å². The molecular formula is C27H30ClFN4O6S2. The minimum Gasteiger partial charge on any atom is -0.469 e. The average Bonchev–Trinajstić information content (AvgIpc) is 3.69. The quantitative estimate of drug-likeness (QED) is 0.461. The third-order valence-electron chi connectivity index (χ3n) is 7.93. The maximum absolute atomic E-state index is 13.9. The number of allylic oxidation sites excluding steroid dienone is 1. The molecule has 1 aromatic carbocycles. The van der Waals surface area contributed by atoms with E-state index in [9.17, 15) is 22.4 Å². The normalized spacial score (nSPS) is 24.1. The van der Waals surface area contributed by atoms with Crippen molar-refractivity contribution in [2.24, 2.45) is 16.8 Å². The van der Waals surface area contributed by atoms with Crippen molar-refractivity contribution in [3.63, 3.8) is 0 Å². The molecule has 1 saturated heterocycles. The first-order valence-corrected chi connectivity index (χ1v) is 16.0. The van der Waals surface area contributed by atoms with Gasteiger partial charge in [0.15, 0.2) is 10.8 Å². The molecule has 220 valence electrons. The van der Waals surface area contributed by atoms with Crippen LogP contribution in [0.3, 0.4) is 0 Å². The van der Waals surface area contributed by atoms with Crippen LogP contribution in [0.15, 0.2) is 46.0 Å². The first-order chi connectivity index (χ1) is 19.6. The number of aliphatic imine (C=N–C) groups is 1. The molecule has 0 amide bonds. The summed E-state index contributed by atoms with van der Waals surface area (Å²) in [5, 5.41) is 5.17. The molecular weight excluding hydrogens is 595 g/mol. The number of methoxy groups -OCH3 is 2. The van der Waals surface area contributed by atoms with Crippen LogP contribution in [-0.2, 0) is 29.1 Å². The number of benzene rings is 1. The van der Waals surface area contributed by atoms with Gasteiger partial charge in [0.1, 0.15) is 11.9 Å². The Bertz CT molecular complexity index is 1490. The molecule has 1 saturated carbocycles. The van der Waals surface area contributed by atoms with Gasteiger partial charge in [0.05, 0.1) is 31.0 Å². The van der Waals surface area contributed by atoms with Crippen molar-refractivity contribution in [2.75, 3.05) is 27.3 Å². The van der Waals surface area contributed by atoms with Gasteiger partial charge in [0.25, 0.3) is 0 Å². The van der Waals surface area contributed by atoms with Gasteiger partial charge >= 0.3 is 11.9 Å². The van der Waals surface area contributed by atoms with Gasteiger partial charge in [-0.2, -0.15) is 0 Å². The predicted octanol–water partition coefficient (Wildman–Crippen LogP) is 3.84. The van der Waals surface area contributed by atoms with E-state index in [-0.39, 0.29) is 42.0 Å². The number of hydrogen-bond acceptors (Lipinski definition) is 10. The van der Waals surface area contributed by atoms with Crippen LogP contribution in [-0.4, -0.2) is 68.0 Å². The first kappa shape index (κ1) is 29.6. The monoisotopic (exact) mass is 624 g/mol. The first-order valence-electron chi connectivity index (χ1n) is 13.2. The van der Waals surface area contributed by atoms with Crippen LogP contribution in [0.1, 0.15) is 48.7 Å². The third-order valence-corrected chi connectivity index (χ3v) is 11.4. The standard InChI is InChI=1S/C27H30ClFN4O6S2/c1-38-26(34)16-3-5-18(13-16)41(36,37)33-10-7-15(8-11-33)22-21(27(35)39-2)23(19-6-4-17(29)14-20(19)28)32-24(31-22)25-30-9-12-40-25/h4,6,9,12,14-16,18,23H,3,5,7-8,10-11,13H2,1-2H3,(H,31,32)/t16-,18-,23?/m1/s1. The van der Waals surface area contributed by atoms with Crippen molar-refractivity contribution < 1.29 is 31.9 Å². The van der Waals surface area contributed by atoms with Gasteiger partial charge in [-0.25, -0.2) is 26.9 Å². The van der Waals surface area contributed by atoms with Crippen molar-refractivity contribution in [3.05, 3.63) is 62.5 Å². The van der Waals surface area contributed by atoms with Crippen molar-refractivity contribution in [3.8, 4) is 0 Å². The van der Waals surface area contributed by atoms with E-state index in [1.807, 2.05) is 0 Å². The minimum atomic E-state index is -3.62. The molecule has 2 aliphatic heterocycles. The Morgan fingerprint density at radius 3 is 2.54 bits per heavy atom. The van der Waals surface area contributed by atoms with Gasteiger partial charge < -0.3 is 14.8 Å². The van der Waals surface area contributed by atoms with Crippen LogP contribution in [0.5, 0.6) is 0 Å². The summed E-state index contributed by atoms with van der Waals surface area (Å²) in [5.74, 6) is -1.71. The van der Waals surface area contributed by atoms with Crippen LogP contribution in [0.4, 0.5) is 4.39 Å². The highest BCUT2D eigenvalue weighted by atomic mass is 35.5. The van der Waals surface area contributed by atoms with Crippen LogP contribution in [0.25, 0.3) is 0 Å². The lowest BCUT2D eigenvalue weighted by molar-refractivity contribution is -0.145. The number of aromatic nitrogens is 1. The van der Waals surface area contributed by atoms with Crippen LogP contribution >= 0.6 is 22.9 Å². The average molecular weight is 625 g/mol. The maximum Gasteiger partial charge on any atom is 0.338 e. The van der Waals surface area contributed by atoms with Crippen molar-refractivity contribution >= 4 is 50.7 Å². The van der Waals surface area contributed by atoms with Gasteiger partial charge in [0.2, 0.25) is 10.0 Å². The minimum absolute atomic E-state index is 0.114. The van der Waals surface area contributed by atoms with Crippen LogP contribution in [0.2, 0.25) is 5.02 Å². The zero-order valence-corrected chi connectivity index (χ0v) is 24.9. The third kappa shape index (κ3) is 5.90. The Labute approximate surface area is 246 Å². The fourth-order valence-electron chi connectivity index (χ4n) is 5.82. The van der Waals surface area contributed by atoms with E-state index < -0.39 is 39.0 Å². The van der Waals surface area contributed by atoms with Gasteiger partial charge in [-0.1, -0.05) is 17.7 Å². The molecule has 41 heavy (non-hydrogen) atoms. The molecule has 0 spiro atoms. The smallest absolute Gasteiger partial charge is 0.338 e. The van der Waals surface area contributed by atoms with Crippen LogP contribution in [0, 0.1) is 17.7 Å². The Morgan fingerprint density at radius 1 is 1.15 bits per heavy atom. The zero-order valence-electron chi connectivity index (χ0n) is 22.5. The number of nitrogens with one attached hydrogen (secondary N) is 1. The van der Waals surface area contributed by atoms with Gasteiger partial charge in [-0.3, -0.25) is 9.79 Å². The Hall–Kier alpha value is -2.87. The number of sulfonamides is 1. The topological polar surface area (TPSA) is 127 Å². The molecule has 0 bridgehead atoms. The lowest BCUT2D eigenvalue weighted by atomic mass is 9.86. The molecule has 0 radical (unpaired) electrons. The highest BCUT2D eigenvalue weighted by molar-refractivity contribution is 7.89. The molecule has 3 aliphatic rings. The second-order valence-corrected chi connectivity index (χ2v) is 13.7. The lowest BCUT2D eigenvalue weighted by Crippen LogP contribution is -2.45. The predicted molar refractivity (Wildman–Crippen MR) is 151 cm³/mol. The fourth-order valence-corrected chi connectivity index (χ4v) is 8.73. The highest BCUT2D eigenvalue weighted by Crippen LogP contribution is 2.41. The second kappa shape index (κ2) is 12.2. The molecule has 3 heterocycles. The van der Waals surface area contributed by atoms with E-state index in [1.54, 1.807) is 11.6 Å². The molecule has 10 nitrogen and oxygen atoms in total. The maximum atomic E-state index is 13.9. The van der Waals surface area contributed by atoms with E-state index in [0.29, 0.717) is 47.8 Å². The summed E-state index contributed by atoms with van der Waals surface area (Å²) >= 11 is 7.80. The summed E-state index contributed by atoms with van der Waals surface area (Å²) in [6.45, 7) is 0.495. The number of esters is 2. The second-order valence-electron chi connectivity index (χ2n) is 10.2. The van der Waals surface area contributed by atoms with Crippen molar-refractivity contribution in [2.45, 2.75) is 43.4 Å². The number of ether oxygens (including phenoxy) is 2. The molecule has 2 aromatic rings. The zero-order chi connectivity index (χ0) is 29.3. The largest absolute Gasteiger partial charge is 0.469 e. The number of halogens is 2.